The second-order valence-corrected chi connectivity index (χ2v) is 12.5. The van der Waals surface area contributed by atoms with Gasteiger partial charge in [-0.05, 0) is 92.4 Å². The molecule has 0 unspecified atom stereocenters. The minimum absolute atomic E-state index is 0.0328. The van der Waals surface area contributed by atoms with E-state index in [0.29, 0.717) is 41.4 Å². The van der Waals surface area contributed by atoms with Gasteiger partial charge in [-0.2, -0.15) is 0 Å². The smallest absolute Gasteiger partial charge is 0.335 e. The topological polar surface area (TPSA) is 94.6 Å². The summed E-state index contributed by atoms with van der Waals surface area (Å²) >= 11 is 12.3. The maximum Gasteiger partial charge on any atom is 0.335 e. The van der Waals surface area contributed by atoms with E-state index in [1.807, 2.05) is 24.7 Å². The molecule has 11 heteroatoms. The molecule has 9 nitrogen and oxygen atoms in total. The molecule has 5 aromatic rings. The number of hydrogen-bond acceptors (Lipinski definition) is 6. The first kappa shape index (κ1) is 32.1. The normalized spacial score (nSPS) is 15.0. The van der Waals surface area contributed by atoms with Crippen molar-refractivity contribution in [3.8, 4) is 5.75 Å². The number of halogens is 2. The number of aromatic carboxylic acids is 1. The van der Waals surface area contributed by atoms with E-state index in [9.17, 15) is 9.90 Å². The van der Waals surface area contributed by atoms with E-state index >= 15 is 0 Å². The molecule has 1 aliphatic heterocycles. The lowest BCUT2D eigenvalue weighted by Crippen LogP contribution is -2.36. The second kappa shape index (κ2) is 14.3. The van der Waals surface area contributed by atoms with Gasteiger partial charge in [0.15, 0.2) is 0 Å². The van der Waals surface area contributed by atoms with Crippen molar-refractivity contribution in [2.75, 3.05) is 20.2 Å². The molecule has 46 heavy (non-hydrogen) atoms. The number of benzene rings is 3. The van der Waals surface area contributed by atoms with Crippen molar-refractivity contribution in [3.05, 3.63) is 111 Å². The SMILES string of the molecule is CCn1cncc1Cn1c(CN2CCC([C@@H](OC)c3cccc(COc4ccc(Cl)cc4Cl)c3)CC2)nc2ccc(C(=O)O)cc21. The number of aromatic nitrogens is 4. The molecule has 0 aliphatic carbocycles. The predicted octanol–water partition coefficient (Wildman–Crippen LogP) is 7.48. The van der Waals surface area contributed by atoms with Crippen LogP contribution in [-0.2, 0) is 31.0 Å². The lowest BCUT2D eigenvalue weighted by molar-refractivity contribution is 0.0183. The number of carboxylic acids is 1. The molecular formula is C35H37Cl2N5O4. The van der Waals surface area contributed by atoms with E-state index in [1.165, 1.54) is 0 Å². The summed E-state index contributed by atoms with van der Waals surface area (Å²) in [6.07, 6.45) is 5.61. The fourth-order valence-corrected chi connectivity index (χ4v) is 6.82. The monoisotopic (exact) mass is 661 g/mol. The van der Waals surface area contributed by atoms with E-state index in [4.69, 9.17) is 37.7 Å². The Balaban J connectivity index is 1.14. The minimum atomic E-state index is -0.950. The Morgan fingerprint density at radius 3 is 2.63 bits per heavy atom. The third-order valence-electron chi connectivity index (χ3n) is 8.78. The van der Waals surface area contributed by atoms with E-state index in [-0.39, 0.29) is 11.7 Å². The fourth-order valence-electron chi connectivity index (χ4n) is 6.36. The molecule has 0 bridgehead atoms. The molecule has 1 saturated heterocycles. The van der Waals surface area contributed by atoms with Crippen molar-refractivity contribution in [1.82, 2.24) is 24.0 Å². The lowest BCUT2D eigenvalue weighted by Gasteiger charge is -2.35. The Bertz CT molecular complexity index is 1830. The zero-order chi connectivity index (χ0) is 32.2. The number of ether oxygens (including phenoxy) is 2. The number of likely N-dealkylation sites (tertiary alicyclic amines) is 1. The zero-order valence-electron chi connectivity index (χ0n) is 25.9. The van der Waals surface area contributed by atoms with Gasteiger partial charge in [0.05, 0.1) is 52.8 Å². The van der Waals surface area contributed by atoms with Crippen molar-refractivity contribution in [2.24, 2.45) is 5.92 Å². The van der Waals surface area contributed by atoms with Crippen molar-refractivity contribution < 1.29 is 19.4 Å². The highest BCUT2D eigenvalue weighted by molar-refractivity contribution is 6.35. The summed E-state index contributed by atoms with van der Waals surface area (Å²) in [6, 6.07) is 18.7. The quantitative estimate of drug-likeness (QED) is 0.148. The fraction of sp³-hybridized carbons (Fsp3) is 0.343. The van der Waals surface area contributed by atoms with Gasteiger partial charge in [0, 0.05) is 24.9 Å². The molecule has 2 aromatic heterocycles. The molecule has 0 amide bonds. The van der Waals surface area contributed by atoms with Crippen LogP contribution >= 0.6 is 23.2 Å². The average Bonchev–Trinajstić information content (AvgIpc) is 3.65. The molecule has 0 spiro atoms. The van der Waals surface area contributed by atoms with Gasteiger partial charge in [-0.3, -0.25) is 4.90 Å². The highest BCUT2D eigenvalue weighted by Crippen LogP contribution is 2.35. The van der Waals surface area contributed by atoms with Gasteiger partial charge in [0.1, 0.15) is 18.2 Å². The van der Waals surface area contributed by atoms with E-state index in [2.05, 4.69) is 38.1 Å². The van der Waals surface area contributed by atoms with Crippen LogP contribution in [0.1, 0.15) is 58.9 Å². The van der Waals surface area contributed by atoms with Crippen LogP contribution in [0.3, 0.4) is 0 Å². The van der Waals surface area contributed by atoms with Crippen LogP contribution < -0.4 is 4.74 Å². The summed E-state index contributed by atoms with van der Waals surface area (Å²) in [7, 11) is 1.78. The van der Waals surface area contributed by atoms with Crippen LogP contribution in [0.5, 0.6) is 5.75 Å². The third-order valence-corrected chi connectivity index (χ3v) is 9.31. The molecular weight excluding hydrogens is 625 g/mol. The highest BCUT2D eigenvalue weighted by Gasteiger charge is 2.29. The molecule has 1 aliphatic rings. The lowest BCUT2D eigenvalue weighted by atomic mass is 9.87. The molecule has 1 fully saturated rings. The first-order valence-electron chi connectivity index (χ1n) is 15.5. The number of carboxylic acid groups (broad SMARTS) is 1. The van der Waals surface area contributed by atoms with Crippen LogP contribution in [0.2, 0.25) is 10.0 Å². The number of aryl methyl sites for hydroxylation is 1. The van der Waals surface area contributed by atoms with Crippen LogP contribution in [0.25, 0.3) is 11.0 Å². The highest BCUT2D eigenvalue weighted by atomic mass is 35.5. The predicted molar refractivity (Wildman–Crippen MR) is 179 cm³/mol. The standard InChI is InChI=1S/C35H37Cl2N5O4/c1-3-41-22-38-18-28(41)19-42-31-16-26(35(43)44)7-9-30(31)39-33(42)20-40-13-11-24(12-14-40)34(45-2)25-6-4-5-23(15-25)21-46-32-10-8-27(36)17-29(32)37/h4-10,15-18,22,24,34H,3,11-14,19-21H2,1-2H3,(H,43,44)/t34-/m1/s1. The first-order valence-corrected chi connectivity index (χ1v) is 16.2. The maximum atomic E-state index is 11.8. The largest absolute Gasteiger partial charge is 0.487 e. The van der Waals surface area contributed by atoms with Gasteiger partial charge in [-0.1, -0.05) is 41.4 Å². The molecule has 6 rings (SSSR count). The number of imidazole rings is 2. The Morgan fingerprint density at radius 2 is 1.89 bits per heavy atom. The number of nitrogens with zero attached hydrogens (tertiary/aromatic N) is 5. The zero-order valence-corrected chi connectivity index (χ0v) is 27.4. The van der Waals surface area contributed by atoms with Crippen molar-refractivity contribution >= 4 is 40.2 Å². The number of piperidine rings is 1. The van der Waals surface area contributed by atoms with Gasteiger partial charge in [0.25, 0.3) is 0 Å². The third kappa shape index (κ3) is 7.08. The van der Waals surface area contributed by atoms with Gasteiger partial charge in [-0.25, -0.2) is 14.8 Å². The Labute approximate surface area is 278 Å². The van der Waals surface area contributed by atoms with Gasteiger partial charge in [0.2, 0.25) is 0 Å². The molecule has 1 N–H and O–H groups in total. The summed E-state index contributed by atoms with van der Waals surface area (Å²) in [6.45, 7) is 6.31. The van der Waals surface area contributed by atoms with E-state index < -0.39 is 5.97 Å². The number of methoxy groups -OCH3 is 1. The summed E-state index contributed by atoms with van der Waals surface area (Å²) < 4.78 is 16.3. The number of rotatable bonds is 12. The Hall–Kier alpha value is -3.89. The summed E-state index contributed by atoms with van der Waals surface area (Å²) in [5, 5.41) is 10.7. The van der Waals surface area contributed by atoms with Crippen molar-refractivity contribution in [1.29, 1.82) is 0 Å². The van der Waals surface area contributed by atoms with E-state index in [1.54, 1.807) is 43.5 Å². The first-order chi connectivity index (χ1) is 22.3. The van der Waals surface area contributed by atoms with Crippen LogP contribution in [-0.4, -0.2) is 55.3 Å². The van der Waals surface area contributed by atoms with Gasteiger partial charge < -0.3 is 23.7 Å². The van der Waals surface area contributed by atoms with Gasteiger partial charge in [-0.15, -0.1) is 0 Å². The molecule has 240 valence electrons. The second-order valence-electron chi connectivity index (χ2n) is 11.7. The van der Waals surface area contributed by atoms with Crippen LogP contribution in [0.15, 0.2) is 73.2 Å². The van der Waals surface area contributed by atoms with E-state index in [0.717, 1.165) is 66.2 Å². The number of fused-ring (bicyclic) bond motifs is 1. The Morgan fingerprint density at radius 1 is 1.07 bits per heavy atom. The van der Waals surface area contributed by atoms with Crippen LogP contribution in [0, 0.1) is 5.92 Å². The molecule has 0 radical (unpaired) electrons. The van der Waals surface area contributed by atoms with Crippen LogP contribution in [0.4, 0.5) is 0 Å². The number of hydrogen-bond donors (Lipinski definition) is 1. The average molecular weight is 663 g/mol. The van der Waals surface area contributed by atoms with Crippen molar-refractivity contribution in [2.45, 2.75) is 52.1 Å². The minimum Gasteiger partial charge on any atom is -0.487 e. The molecule has 0 saturated carbocycles. The number of carbonyl (C=O) groups is 1. The molecule has 3 aromatic carbocycles. The Kier molecular flexibility index (Phi) is 9.94. The van der Waals surface area contributed by atoms with Gasteiger partial charge >= 0.3 is 5.97 Å². The van der Waals surface area contributed by atoms with Crippen molar-refractivity contribution in [3.63, 3.8) is 0 Å². The molecule has 3 heterocycles. The summed E-state index contributed by atoms with van der Waals surface area (Å²) in [4.78, 5) is 23.5. The molecule has 1 atom stereocenters. The summed E-state index contributed by atoms with van der Waals surface area (Å²) in [5.41, 5.74) is 5.08. The summed E-state index contributed by atoms with van der Waals surface area (Å²) in [5.74, 6) is 0.920. The maximum absolute atomic E-state index is 11.8.